The lowest BCUT2D eigenvalue weighted by Crippen LogP contribution is -2.10. The second-order valence-electron chi connectivity index (χ2n) is 3.77. The molecule has 0 fully saturated rings. The molecule has 2 aromatic rings. The van der Waals surface area contributed by atoms with E-state index in [1.807, 2.05) is 0 Å². The number of halogens is 1. The lowest BCUT2D eigenvalue weighted by Gasteiger charge is -2.07. The fourth-order valence-electron chi connectivity index (χ4n) is 1.46. The number of nitrogens with zero attached hydrogens (tertiary/aromatic N) is 1. The Hall–Kier alpha value is -2.96. The zero-order valence-corrected chi connectivity index (χ0v) is 10.0. The predicted octanol–water partition coefficient (Wildman–Crippen LogP) is 1.81. The maximum Gasteiger partial charge on any atom is 0.338 e. The molecule has 0 unspecified atom stereocenters. The number of amides is 1. The number of pyridine rings is 1. The van der Waals surface area contributed by atoms with E-state index in [1.165, 1.54) is 24.3 Å². The van der Waals surface area contributed by atoms with Crippen LogP contribution in [0.15, 0.2) is 36.5 Å². The molecule has 7 heteroatoms. The number of hydrogen-bond donors (Lipinski definition) is 2. The monoisotopic (exact) mass is 276 g/mol. The summed E-state index contributed by atoms with van der Waals surface area (Å²) in [5, 5.41) is 8.78. The smallest absolute Gasteiger partial charge is 0.338 e. The fourth-order valence-corrected chi connectivity index (χ4v) is 1.46. The van der Waals surface area contributed by atoms with Crippen molar-refractivity contribution in [2.75, 3.05) is 0 Å². The van der Waals surface area contributed by atoms with E-state index in [0.717, 1.165) is 12.3 Å². The molecule has 0 atom stereocenters. The number of ether oxygens (including phenoxy) is 1. The number of aromatic carboxylic acids is 1. The maximum absolute atomic E-state index is 13.8. The number of carboxylic acids is 1. The third-order valence-corrected chi connectivity index (χ3v) is 2.44. The van der Waals surface area contributed by atoms with Crippen LogP contribution in [0.1, 0.15) is 20.7 Å². The Labute approximate surface area is 112 Å². The largest absolute Gasteiger partial charge is 0.478 e. The van der Waals surface area contributed by atoms with Crippen molar-refractivity contribution in [3.05, 3.63) is 53.5 Å². The Bertz CT molecular complexity index is 671. The summed E-state index contributed by atoms with van der Waals surface area (Å²) in [5.74, 6) is -3.35. The van der Waals surface area contributed by atoms with Gasteiger partial charge in [-0.25, -0.2) is 14.2 Å². The summed E-state index contributed by atoms with van der Waals surface area (Å²) in [6.07, 6.45) is 1.12. The molecule has 1 amide bonds. The molecule has 0 aliphatic rings. The van der Waals surface area contributed by atoms with E-state index in [2.05, 4.69) is 4.98 Å². The minimum absolute atomic E-state index is 0.198. The van der Waals surface area contributed by atoms with E-state index in [0.29, 0.717) is 0 Å². The average Bonchev–Trinajstić information content (AvgIpc) is 2.41. The predicted molar refractivity (Wildman–Crippen MR) is 66.2 cm³/mol. The lowest BCUT2D eigenvalue weighted by molar-refractivity contribution is 0.0690. The number of carboxylic acid groups (broad SMARTS) is 1. The van der Waals surface area contributed by atoms with E-state index in [4.69, 9.17) is 15.6 Å². The van der Waals surface area contributed by atoms with E-state index in [9.17, 15) is 14.0 Å². The van der Waals surface area contributed by atoms with Crippen LogP contribution in [0.5, 0.6) is 11.6 Å². The second-order valence-corrected chi connectivity index (χ2v) is 3.77. The Kier molecular flexibility index (Phi) is 3.60. The SMILES string of the molecule is NC(=O)c1ccc(Oc2nccc(C(=O)O)c2F)cc1. The van der Waals surface area contributed by atoms with Crippen LogP contribution in [0.2, 0.25) is 0 Å². The maximum atomic E-state index is 13.8. The summed E-state index contributed by atoms with van der Waals surface area (Å²) < 4.78 is 18.9. The van der Waals surface area contributed by atoms with Crippen molar-refractivity contribution in [1.29, 1.82) is 0 Å². The van der Waals surface area contributed by atoms with Gasteiger partial charge in [-0.3, -0.25) is 4.79 Å². The zero-order valence-electron chi connectivity index (χ0n) is 10.0. The van der Waals surface area contributed by atoms with Gasteiger partial charge in [-0.15, -0.1) is 0 Å². The van der Waals surface area contributed by atoms with Gasteiger partial charge in [0.25, 0.3) is 5.88 Å². The van der Waals surface area contributed by atoms with Crippen LogP contribution in [-0.2, 0) is 0 Å². The number of aromatic nitrogens is 1. The number of hydrogen-bond acceptors (Lipinski definition) is 4. The number of carbonyl (C=O) groups excluding carboxylic acids is 1. The first kappa shape index (κ1) is 13.5. The highest BCUT2D eigenvalue weighted by atomic mass is 19.1. The van der Waals surface area contributed by atoms with Crippen molar-refractivity contribution in [3.63, 3.8) is 0 Å². The number of nitrogens with two attached hydrogens (primary N) is 1. The van der Waals surface area contributed by atoms with Crippen molar-refractivity contribution in [2.24, 2.45) is 5.73 Å². The quantitative estimate of drug-likeness (QED) is 0.886. The molecule has 0 bridgehead atoms. The number of primary amides is 1. The number of carbonyl (C=O) groups is 2. The van der Waals surface area contributed by atoms with Gasteiger partial charge < -0.3 is 15.6 Å². The van der Waals surface area contributed by atoms with Gasteiger partial charge in [0, 0.05) is 11.8 Å². The first-order valence-corrected chi connectivity index (χ1v) is 5.44. The molecule has 0 saturated heterocycles. The zero-order chi connectivity index (χ0) is 14.7. The Morgan fingerprint density at radius 1 is 1.20 bits per heavy atom. The molecule has 1 aromatic heterocycles. The van der Waals surface area contributed by atoms with Gasteiger partial charge >= 0.3 is 5.97 Å². The average molecular weight is 276 g/mol. The summed E-state index contributed by atoms with van der Waals surface area (Å²) in [7, 11) is 0. The molecular weight excluding hydrogens is 267 g/mol. The summed E-state index contributed by atoms with van der Waals surface area (Å²) >= 11 is 0. The first-order valence-electron chi connectivity index (χ1n) is 5.44. The van der Waals surface area contributed by atoms with Crippen molar-refractivity contribution in [3.8, 4) is 11.6 Å². The van der Waals surface area contributed by atoms with Crippen LogP contribution in [0.3, 0.4) is 0 Å². The van der Waals surface area contributed by atoms with Crippen molar-refractivity contribution >= 4 is 11.9 Å². The van der Waals surface area contributed by atoms with Crippen LogP contribution in [0.25, 0.3) is 0 Å². The summed E-state index contributed by atoms with van der Waals surface area (Å²) in [6.45, 7) is 0. The third-order valence-electron chi connectivity index (χ3n) is 2.44. The topological polar surface area (TPSA) is 103 Å². The number of benzene rings is 1. The van der Waals surface area contributed by atoms with E-state index in [1.54, 1.807) is 0 Å². The summed E-state index contributed by atoms with van der Waals surface area (Å²) in [4.78, 5) is 25.3. The number of rotatable bonds is 4. The summed E-state index contributed by atoms with van der Waals surface area (Å²) in [6, 6.07) is 6.62. The Balaban J connectivity index is 2.28. The van der Waals surface area contributed by atoms with Crippen LogP contribution in [-0.4, -0.2) is 22.0 Å². The summed E-state index contributed by atoms with van der Waals surface area (Å²) in [5.41, 5.74) is 4.81. The van der Waals surface area contributed by atoms with Crippen molar-refractivity contribution < 1.29 is 23.8 Å². The molecule has 1 aromatic carbocycles. The minimum Gasteiger partial charge on any atom is -0.478 e. The van der Waals surface area contributed by atoms with Crippen molar-refractivity contribution in [1.82, 2.24) is 4.98 Å². The molecule has 0 radical (unpaired) electrons. The molecule has 0 aliphatic carbocycles. The van der Waals surface area contributed by atoms with Gasteiger partial charge in [-0.1, -0.05) is 0 Å². The molecule has 2 rings (SSSR count). The van der Waals surface area contributed by atoms with Gasteiger partial charge in [0.15, 0.2) is 5.82 Å². The molecule has 0 saturated carbocycles. The van der Waals surface area contributed by atoms with Crippen LogP contribution < -0.4 is 10.5 Å². The van der Waals surface area contributed by atoms with Crippen LogP contribution >= 0.6 is 0 Å². The fraction of sp³-hybridized carbons (Fsp3) is 0. The van der Waals surface area contributed by atoms with E-state index < -0.39 is 29.1 Å². The second kappa shape index (κ2) is 5.35. The standard InChI is InChI=1S/C13H9FN2O4/c14-10-9(13(18)19)5-6-16-12(10)20-8-3-1-7(2-4-8)11(15)17/h1-6H,(H2,15,17)(H,18,19). The highest BCUT2D eigenvalue weighted by molar-refractivity contribution is 5.92. The first-order chi connectivity index (χ1) is 9.49. The Morgan fingerprint density at radius 2 is 1.85 bits per heavy atom. The van der Waals surface area contributed by atoms with E-state index >= 15 is 0 Å². The van der Waals surface area contributed by atoms with Gasteiger partial charge in [0.1, 0.15) is 11.3 Å². The van der Waals surface area contributed by atoms with Crippen LogP contribution in [0.4, 0.5) is 4.39 Å². The molecule has 0 spiro atoms. The van der Waals surface area contributed by atoms with Crippen molar-refractivity contribution in [2.45, 2.75) is 0 Å². The molecule has 1 heterocycles. The normalized spacial score (nSPS) is 10.1. The highest BCUT2D eigenvalue weighted by Gasteiger charge is 2.16. The van der Waals surface area contributed by atoms with Gasteiger partial charge in [-0.2, -0.15) is 0 Å². The lowest BCUT2D eigenvalue weighted by atomic mass is 10.2. The minimum atomic E-state index is -1.42. The molecular formula is C13H9FN2O4. The van der Waals surface area contributed by atoms with Gasteiger partial charge in [0.05, 0.1) is 0 Å². The van der Waals surface area contributed by atoms with E-state index in [-0.39, 0.29) is 11.3 Å². The molecule has 6 nitrogen and oxygen atoms in total. The molecule has 0 aliphatic heterocycles. The van der Waals surface area contributed by atoms with Crippen LogP contribution in [0, 0.1) is 5.82 Å². The Morgan fingerprint density at radius 3 is 2.40 bits per heavy atom. The van der Waals surface area contributed by atoms with Gasteiger partial charge in [-0.05, 0) is 30.3 Å². The highest BCUT2D eigenvalue weighted by Crippen LogP contribution is 2.24. The molecule has 3 N–H and O–H groups in total. The molecule has 20 heavy (non-hydrogen) atoms. The third kappa shape index (κ3) is 2.72. The van der Waals surface area contributed by atoms with Gasteiger partial charge in [0.2, 0.25) is 5.91 Å². The molecule has 102 valence electrons.